The second-order valence-corrected chi connectivity index (χ2v) is 6.13. The zero-order valence-corrected chi connectivity index (χ0v) is 11.4. The standard InChI is InChI=1S/C10H20F3NO3S/c1-3-9(4-2,8-15)14-18(16,17)7-5-6-10(11,12)13/h14-15H,3-8H2,1-2H3. The predicted octanol–water partition coefficient (Wildman–Crippen LogP) is 1.80. The summed E-state index contributed by atoms with van der Waals surface area (Å²) in [6.45, 7) is 3.04. The summed E-state index contributed by atoms with van der Waals surface area (Å²) >= 11 is 0. The average molecular weight is 291 g/mol. The zero-order chi connectivity index (χ0) is 14.4. The van der Waals surface area contributed by atoms with Gasteiger partial charge in [0.05, 0.1) is 17.9 Å². The number of aliphatic hydroxyl groups excluding tert-OH is 1. The van der Waals surface area contributed by atoms with E-state index in [9.17, 15) is 26.7 Å². The molecule has 0 saturated heterocycles. The summed E-state index contributed by atoms with van der Waals surface area (Å²) in [6.07, 6.45) is -5.21. The van der Waals surface area contributed by atoms with E-state index in [0.29, 0.717) is 12.8 Å². The number of halogens is 3. The zero-order valence-electron chi connectivity index (χ0n) is 10.5. The molecule has 2 N–H and O–H groups in total. The maximum absolute atomic E-state index is 11.9. The molecule has 8 heteroatoms. The Morgan fingerprint density at radius 1 is 1.17 bits per heavy atom. The van der Waals surface area contributed by atoms with E-state index >= 15 is 0 Å². The van der Waals surface area contributed by atoms with Crippen molar-refractivity contribution in [3.05, 3.63) is 0 Å². The van der Waals surface area contributed by atoms with E-state index in [1.54, 1.807) is 13.8 Å². The largest absolute Gasteiger partial charge is 0.394 e. The van der Waals surface area contributed by atoms with E-state index in [1.165, 1.54) is 0 Å². The SMILES string of the molecule is CCC(CC)(CO)NS(=O)(=O)CCCC(F)(F)F. The first-order valence-corrected chi connectivity index (χ1v) is 7.44. The van der Waals surface area contributed by atoms with Crippen molar-refractivity contribution in [2.45, 2.75) is 51.2 Å². The van der Waals surface area contributed by atoms with Crippen LogP contribution in [0.25, 0.3) is 0 Å². The van der Waals surface area contributed by atoms with E-state index in [0.717, 1.165) is 0 Å². The molecule has 0 aromatic carbocycles. The normalized spacial score (nSPS) is 13.9. The van der Waals surface area contributed by atoms with Gasteiger partial charge in [-0.25, -0.2) is 13.1 Å². The minimum Gasteiger partial charge on any atom is -0.394 e. The number of hydrogen-bond acceptors (Lipinski definition) is 3. The Hall–Kier alpha value is -0.340. The Balaban J connectivity index is 4.47. The van der Waals surface area contributed by atoms with Gasteiger partial charge in [0.1, 0.15) is 0 Å². The van der Waals surface area contributed by atoms with Crippen LogP contribution in [-0.2, 0) is 10.0 Å². The Labute approximate surface area is 106 Å². The van der Waals surface area contributed by atoms with Crippen LogP contribution in [-0.4, -0.2) is 37.6 Å². The second kappa shape index (κ2) is 6.72. The highest BCUT2D eigenvalue weighted by Gasteiger charge is 2.32. The first-order chi connectivity index (χ1) is 8.10. The van der Waals surface area contributed by atoms with Gasteiger partial charge in [-0.3, -0.25) is 0 Å². The lowest BCUT2D eigenvalue weighted by Gasteiger charge is -2.30. The summed E-state index contributed by atoms with van der Waals surface area (Å²) < 4.78 is 61.3. The van der Waals surface area contributed by atoms with Crippen molar-refractivity contribution < 1.29 is 26.7 Å². The third-order valence-corrected chi connectivity index (χ3v) is 4.47. The fourth-order valence-corrected chi connectivity index (χ4v) is 3.13. The summed E-state index contributed by atoms with van der Waals surface area (Å²) in [5.41, 5.74) is -0.975. The summed E-state index contributed by atoms with van der Waals surface area (Å²) in [4.78, 5) is 0. The molecule has 0 rings (SSSR count). The van der Waals surface area contributed by atoms with Gasteiger partial charge in [0.2, 0.25) is 10.0 Å². The molecule has 0 aliphatic rings. The highest BCUT2D eigenvalue weighted by atomic mass is 32.2. The fourth-order valence-electron chi connectivity index (χ4n) is 1.49. The monoisotopic (exact) mass is 291 g/mol. The molecule has 0 aliphatic carbocycles. The van der Waals surface area contributed by atoms with Crippen molar-refractivity contribution in [2.24, 2.45) is 0 Å². The molecule has 0 spiro atoms. The van der Waals surface area contributed by atoms with Crippen molar-refractivity contribution in [1.82, 2.24) is 4.72 Å². The van der Waals surface area contributed by atoms with E-state index in [-0.39, 0.29) is 6.61 Å². The Kier molecular flexibility index (Phi) is 6.59. The summed E-state index contributed by atoms with van der Waals surface area (Å²) in [6, 6.07) is 0. The lowest BCUT2D eigenvalue weighted by molar-refractivity contribution is -0.134. The van der Waals surface area contributed by atoms with Gasteiger partial charge in [-0.15, -0.1) is 0 Å². The lowest BCUT2D eigenvalue weighted by atomic mass is 9.96. The van der Waals surface area contributed by atoms with Crippen molar-refractivity contribution in [3.63, 3.8) is 0 Å². The summed E-state index contributed by atoms with van der Waals surface area (Å²) in [5.74, 6) is -0.589. The highest BCUT2D eigenvalue weighted by molar-refractivity contribution is 7.89. The predicted molar refractivity (Wildman–Crippen MR) is 62.6 cm³/mol. The topological polar surface area (TPSA) is 66.4 Å². The molecule has 0 radical (unpaired) electrons. The number of nitrogens with one attached hydrogen (secondary N) is 1. The van der Waals surface area contributed by atoms with E-state index in [2.05, 4.69) is 4.72 Å². The van der Waals surface area contributed by atoms with Gasteiger partial charge in [-0.1, -0.05) is 13.8 Å². The number of aliphatic hydroxyl groups is 1. The number of sulfonamides is 1. The average Bonchev–Trinajstić information content (AvgIpc) is 2.24. The molecule has 0 bridgehead atoms. The minimum atomic E-state index is -4.35. The van der Waals surface area contributed by atoms with Gasteiger partial charge in [-0.2, -0.15) is 13.2 Å². The molecule has 0 aromatic rings. The van der Waals surface area contributed by atoms with Crippen molar-refractivity contribution in [1.29, 1.82) is 0 Å². The molecule has 0 unspecified atom stereocenters. The number of hydrogen-bond donors (Lipinski definition) is 2. The molecule has 4 nitrogen and oxygen atoms in total. The third-order valence-electron chi connectivity index (χ3n) is 2.90. The van der Waals surface area contributed by atoms with Gasteiger partial charge in [0, 0.05) is 6.42 Å². The highest BCUT2D eigenvalue weighted by Crippen LogP contribution is 2.22. The lowest BCUT2D eigenvalue weighted by Crippen LogP contribution is -2.51. The third kappa shape index (κ3) is 6.55. The van der Waals surface area contributed by atoms with Crippen LogP contribution in [0, 0.1) is 0 Å². The molecule has 0 amide bonds. The van der Waals surface area contributed by atoms with Gasteiger partial charge in [0.25, 0.3) is 0 Å². The van der Waals surface area contributed by atoms with Crippen LogP contribution in [0.3, 0.4) is 0 Å². The molecule has 110 valence electrons. The van der Waals surface area contributed by atoms with E-state index in [1.807, 2.05) is 0 Å². The van der Waals surface area contributed by atoms with Gasteiger partial charge >= 0.3 is 6.18 Å². The van der Waals surface area contributed by atoms with Crippen LogP contribution >= 0.6 is 0 Å². The van der Waals surface area contributed by atoms with Gasteiger partial charge in [-0.05, 0) is 19.3 Å². The van der Waals surface area contributed by atoms with Gasteiger partial charge in [0.15, 0.2) is 0 Å². The molecule has 18 heavy (non-hydrogen) atoms. The molecule has 0 aromatic heterocycles. The molecule has 0 heterocycles. The molecule has 0 saturated carbocycles. The number of alkyl halides is 3. The summed E-state index contributed by atoms with van der Waals surface area (Å²) in [5, 5.41) is 9.19. The van der Waals surface area contributed by atoms with Crippen LogP contribution in [0.1, 0.15) is 39.5 Å². The van der Waals surface area contributed by atoms with Crippen molar-refractivity contribution >= 4 is 10.0 Å². The second-order valence-electron chi connectivity index (χ2n) is 4.29. The maximum atomic E-state index is 11.9. The smallest absolute Gasteiger partial charge is 0.389 e. The van der Waals surface area contributed by atoms with Crippen LogP contribution in [0.5, 0.6) is 0 Å². The van der Waals surface area contributed by atoms with Crippen LogP contribution in [0.4, 0.5) is 13.2 Å². The molecule has 0 atom stereocenters. The van der Waals surface area contributed by atoms with E-state index in [4.69, 9.17) is 0 Å². The Morgan fingerprint density at radius 2 is 1.67 bits per heavy atom. The van der Waals surface area contributed by atoms with Crippen molar-refractivity contribution in [3.8, 4) is 0 Å². The van der Waals surface area contributed by atoms with E-state index < -0.39 is 40.3 Å². The maximum Gasteiger partial charge on any atom is 0.389 e. The van der Waals surface area contributed by atoms with Crippen LogP contribution < -0.4 is 4.72 Å². The Morgan fingerprint density at radius 3 is 2.00 bits per heavy atom. The molecular weight excluding hydrogens is 271 g/mol. The quantitative estimate of drug-likeness (QED) is 0.716. The van der Waals surface area contributed by atoms with Crippen LogP contribution in [0.15, 0.2) is 0 Å². The first kappa shape index (κ1) is 17.7. The molecule has 0 aliphatic heterocycles. The van der Waals surface area contributed by atoms with Crippen LogP contribution in [0.2, 0.25) is 0 Å². The Bertz CT molecular complexity index is 329. The van der Waals surface area contributed by atoms with Gasteiger partial charge < -0.3 is 5.11 Å². The fraction of sp³-hybridized carbons (Fsp3) is 1.00. The van der Waals surface area contributed by atoms with Crippen molar-refractivity contribution in [2.75, 3.05) is 12.4 Å². The minimum absolute atomic E-state index is 0.374. The summed E-state index contributed by atoms with van der Waals surface area (Å²) in [7, 11) is -3.81. The number of rotatable bonds is 8. The first-order valence-electron chi connectivity index (χ1n) is 5.79. The molecular formula is C10H20F3NO3S. The molecule has 0 fully saturated rings.